The van der Waals surface area contributed by atoms with E-state index in [4.69, 9.17) is 4.98 Å². The largest absolute Gasteiger partial charge is 0.348 e. The minimum Gasteiger partial charge on any atom is -0.348 e. The molecule has 1 aromatic rings. The molecule has 2 atom stereocenters. The van der Waals surface area contributed by atoms with Crippen molar-refractivity contribution in [2.24, 2.45) is 11.8 Å². The van der Waals surface area contributed by atoms with E-state index in [1.165, 1.54) is 56.0 Å². The van der Waals surface area contributed by atoms with E-state index in [1.54, 1.807) is 0 Å². The van der Waals surface area contributed by atoms with Crippen molar-refractivity contribution in [1.29, 1.82) is 0 Å². The molecule has 1 saturated heterocycles. The summed E-state index contributed by atoms with van der Waals surface area (Å²) in [5, 5.41) is 6.99. The molecule has 2 unspecified atom stereocenters. The Hall–Kier alpha value is -0.610. The van der Waals surface area contributed by atoms with E-state index in [9.17, 15) is 0 Å². The van der Waals surface area contributed by atoms with Crippen molar-refractivity contribution in [1.82, 2.24) is 10.3 Å². The maximum atomic E-state index is 4.86. The SMILES string of the molecule is CC(C)(C)NCc1csc(N2CCC3CCCCC3C2)n1. The maximum Gasteiger partial charge on any atom is 0.185 e. The third kappa shape index (κ3) is 3.98. The van der Waals surface area contributed by atoms with Crippen molar-refractivity contribution >= 4 is 16.5 Å². The van der Waals surface area contributed by atoms with E-state index in [-0.39, 0.29) is 5.54 Å². The molecule has 0 spiro atoms. The lowest BCUT2D eigenvalue weighted by Crippen LogP contribution is -2.41. The van der Waals surface area contributed by atoms with Crippen molar-refractivity contribution in [3.05, 3.63) is 11.1 Å². The summed E-state index contributed by atoms with van der Waals surface area (Å²) in [7, 11) is 0. The standard InChI is InChI=1S/C17H29N3S/c1-17(2,3)18-10-15-12-21-16(19-15)20-9-8-13-6-4-5-7-14(13)11-20/h12-14,18H,4-11H2,1-3H3. The van der Waals surface area contributed by atoms with Gasteiger partial charge in [-0.3, -0.25) is 0 Å². The zero-order valence-electron chi connectivity index (χ0n) is 13.7. The first-order valence-electron chi connectivity index (χ1n) is 8.46. The highest BCUT2D eigenvalue weighted by molar-refractivity contribution is 7.13. The fourth-order valence-corrected chi connectivity index (χ4v) is 4.52. The van der Waals surface area contributed by atoms with Crippen molar-refractivity contribution in [3.8, 4) is 0 Å². The first kappa shape index (κ1) is 15.3. The monoisotopic (exact) mass is 307 g/mol. The lowest BCUT2D eigenvalue weighted by Gasteiger charge is -2.41. The van der Waals surface area contributed by atoms with Crippen LogP contribution < -0.4 is 10.2 Å². The first-order valence-corrected chi connectivity index (χ1v) is 9.33. The molecule has 1 aliphatic heterocycles. The Balaban J connectivity index is 1.58. The van der Waals surface area contributed by atoms with Crippen LogP contribution in [0.1, 0.15) is 58.6 Å². The van der Waals surface area contributed by atoms with Gasteiger partial charge in [-0.15, -0.1) is 11.3 Å². The van der Waals surface area contributed by atoms with Gasteiger partial charge in [-0.2, -0.15) is 0 Å². The molecule has 0 amide bonds. The summed E-state index contributed by atoms with van der Waals surface area (Å²) in [6, 6.07) is 0. The zero-order chi connectivity index (χ0) is 14.9. The number of piperidine rings is 1. The predicted molar refractivity (Wildman–Crippen MR) is 91.0 cm³/mol. The Morgan fingerprint density at radius 3 is 2.76 bits per heavy atom. The van der Waals surface area contributed by atoms with Gasteiger partial charge in [0.2, 0.25) is 0 Å². The van der Waals surface area contributed by atoms with Crippen LogP contribution >= 0.6 is 11.3 Å². The quantitative estimate of drug-likeness (QED) is 0.913. The van der Waals surface area contributed by atoms with Gasteiger partial charge in [0.15, 0.2) is 5.13 Å². The number of nitrogens with zero attached hydrogens (tertiary/aromatic N) is 2. The Labute approximate surface area is 133 Å². The number of fused-ring (bicyclic) bond motifs is 1. The molecule has 2 fully saturated rings. The summed E-state index contributed by atoms with van der Waals surface area (Å²) >= 11 is 1.82. The molecule has 0 bridgehead atoms. The fraction of sp³-hybridized carbons (Fsp3) is 0.824. The second-order valence-electron chi connectivity index (χ2n) is 7.76. The number of nitrogens with one attached hydrogen (secondary N) is 1. The smallest absolute Gasteiger partial charge is 0.185 e. The van der Waals surface area contributed by atoms with Crippen LogP contribution in [-0.4, -0.2) is 23.6 Å². The second-order valence-corrected chi connectivity index (χ2v) is 8.60. The van der Waals surface area contributed by atoms with Gasteiger partial charge in [0.1, 0.15) is 0 Å². The first-order chi connectivity index (χ1) is 10.0. The third-order valence-corrected chi connectivity index (χ3v) is 5.85. The normalized spacial score (nSPS) is 26.7. The Morgan fingerprint density at radius 2 is 2.00 bits per heavy atom. The number of aromatic nitrogens is 1. The number of anilines is 1. The van der Waals surface area contributed by atoms with Crippen molar-refractivity contribution in [3.63, 3.8) is 0 Å². The van der Waals surface area contributed by atoms with Crippen LogP contribution in [0.3, 0.4) is 0 Å². The lowest BCUT2D eigenvalue weighted by atomic mass is 9.75. The van der Waals surface area contributed by atoms with Crippen LogP contribution in [0.25, 0.3) is 0 Å². The van der Waals surface area contributed by atoms with Gasteiger partial charge in [0, 0.05) is 30.6 Å². The maximum absolute atomic E-state index is 4.86. The summed E-state index contributed by atoms with van der Waals surface area (Å²) < 4.78 is 0. The molecular weight excluding hydrogens is 278 g/mol. The molecule has 3 rings (SSSR count). The molecule has 0 radical (unpaired) electrons. The highest BCUT2D eigenvalue weighted by atomic mass is 32.1. The van der Waals surface area contributed by atoms with Crippen LogP contribution in [0.15, 0.2) is 5.38 Å². The Kier molecular flexibility index (Phi) is 4.55. The van der Waals surface area contributed by atoms with Gasteiger partial charge in [-0.1, -0.05) is 19.3 Å². The number of hydrogen-bond donors (Lipinski definition) is 1. The summed E-state index contributed by atoms with van der Waals surface area (Å²) in [5.74, 6) is 1.92. The average Bonchev–Trinajstić information content (AvgIpc) is 2.93. The van der Waals surface area contributed by atoms with Crippen molar-refractivity contribution in [2.45, 2.75) is 65.0 Å². The summed E-state index contributed by atoms with van der Waals surface area (Å²) in [6.45, 7) is 9.93. The van der Waals surface area contributed by atoms with E-state index in [1.807, 2.05) is 11.3 Å². The van der Waals surface area contributed by atoms with Gasteiger partial charge in [-0.05, 0) is 45.4 Å². The molecule has 118 valence electrons. The van der Waals surface area contributed by atoms with Gasteiger partial charge in [-0.25, -0.2) is 4.98 Å². The fourth-order valence-electron chi connectivity index (χ4n) is 3.65. The molecular formula is C17H29N3S. The summed E-state index contributed by atoms with van der Waals surface area (Å²) in [5.41, 5.74) is 1.35. The van der Waals surface area contributed by atoms with Crippen LogP contribution in [-0.2, 0) is 6.54 Å². The highest BCUT2D eigenvalue weighted by Gasteiger charge is 2.31. The molecule has 4 heteroatoms. The highest BCUT2D eigenvalue weighted by Crippen LogP contribution is 2.38. The third-order valence-electron chi connectivity index (χ3n) is 4.90. The van der Waals surface area contributed by atoms with Crippen LogP contribution in [0.4, 0.5) is 5.13 Å². The van der Waals surface area contributed by atoms with E-state index < -0.39 is 0 Å². The zero-order valence-corrected chi connectivity index (χ0v) is 14.5. The molecule has 1 N–H and O–H groups in total. The molecule has 1 aliphatic carbocycles. The van der Waals surface area contributed by atoms with E-state index in [0.717, 1.165) is 18.4 Å². The molecule has 1 aromatic heterocycles. The predicted octanol–water partition coefficient (Wildman–Crippen LogP) is 4.05. The number of rotatable bonds is 3. The molecule has 2 aliphatic rings. The molecule has 3 nitrogen and oxygen atoms in total. The van der Waals surface area contributed by atoms with Gasteiger partial charge >= 0.3 is 0 Å². The van der Waals surface area contributed by atoms with Crippen LogP contribution in [0.5, 0.6) is 0 Å². The van der Waals surface area contributed by atoms with E-state index >= 15 is 0 Å². The number of hydrogen-bond acceptors (Lipinski definition) is 4. The Bertz CT molecular complexity index is 463. The van der Waals surface area contributed by atoms with Gasteiger partial charge in [0.05, 0.1) is 5.69 Å². The van der Waals surface area contributed by atoms with Gasteiger partial charge in [0.25, 0.3) is 0 Å². The number of thiazole rings is 1. The second kappa shape index (κ2) is 6.25. The van der Waals surface area contributed by atoms with E-state index in [2.05, 4.69) is 36.4 Å². The van der Waals surface area contributed by atoms with Crippen molar-refractivity contribution in [2.75, 3.05) is 18.0 Å². The summed E-state index contributed by atoms with van der Waals surface area (Å²) in [6.07, 6.45) is 7.18. The van der Waals surface area contributed by atoms with Crippen LogP contribution in [0, 0.1) is 11.8 Å². The Morgan fingerprint density at radius 1 is 1.24 bits per heavy atom. The molecule has 21 heavy (non-hydrogen) atoms. The van der Waals surface area contributed by atoms with E-state index in [0.29, 0.717) is 0 Å². The molecule has 2 heterocycles. The van der Waals surface area contributed by atoms with Crippen LogP contribution in [0.2, 0.25) is 0 Å². The average molecular weight is 308 g/mol. The minimum atomic E-state index is 0.157. The lowest BCUT2D eigenvalue weighted by molar-refractivity contribution is 0.202. The topological polar surface area (TPSA) is 28.2 Å². The molecule has 0 aromatic carbocycles. The minimum absolute atomic E-state index is 0.157. The van der Waals surface area contributed by atoms with Gasteiger partial charge < -0.3 is 10.2 Å². The summed E-state index contributed by atoms with van der Waals surface area (Å²) in [4.78, 5) is 7.40. The van der Waals surface area contributed by atoms with Crippen molar-refractivity contribution < 1.29 is 0 Å². The molecule has 1 saturated carbocycles.